The zero-order valence-corrected chi connectivity index (χ0v) is 13.8. The molecule has 1 aliphatic carbocycles. The summed E-state index contributed by atoms with van der Waals surface area (Å²) in [6.45, 7) is 2.89. The van der Waals surface area contributed by atoms with Gasteiger partial charge in [-0.15, -0.1) is 0 Å². The maximum Gasteiger partial charge on any atom is 0.254 e. The molecule has 2 aromatic rings. The maximum absolute atomic E-state index is 13.3. The van der Waals surface area contributed by atoms with Gasteiger partial charge in [-0.1, -0.05) is 31.0 Å². The molecule has 0 unspecified atom stereocenters. The van der Waals surface area contributed by atoms with Crippen LogP contribution in [0.5, 0.6) is 0 Å². The summed E-state index contributed by atoms with van der Waals surface area (Å²) in [6.07, 6.45) is 7.52. The van der Waals surface area contributed by atoms with Crippen LogP contribution in [0.4, 0.5) is 0 Å². The van der Waals surface area contributed by atoms with Crippen LogP contribution >= 0.6 is 0 Å². The summed E-state index contributed by atoms with van der Waals surface area (Å²) in [4.78, 5) is 20.1. The third-order valence-electron chi connectivity index (χ3n) is 5.58. The molecule has 0 N–H and O–H groups in total. The van der Waals surface area contributed by atoms with E-state index in [4.69, 9.17) is 0 Å². The molecular formula is C20H24N2O. The van der Waals surface area contributed by atoms with Crippen LogP contribution in [0.25, 0.3) is 10.9 Å². The van der Waals surface area contributed by atoms with Gasteiger partial charge in [-0.25, -0.2) is 0 Å². The second-order valence-electron chi connectivity index (χ2n) is 7.08. The van der Waals surface area contributed by atoms with Crippen molar-refractivity contribution in [1.82, 2.24) is 9.88 Å². The number of aryl methyl sites for hydroxylation is 1. The molecule has 1 saturated heterocycles. The number of carbonyl (C=O) groups is 1. The van der Waals surface area contributed by atoms with E-state index in [9.17, 15) is 4.79 Å². The molecule has 2 aliphatic rings. The monoisotopic (exact) mass is 308 g/mol. The van der Waals surface area contributed by atoms with E-state index in [2.05, 4.69) is 9.88 Å². The van der Waals surface area contributed by atoms with Gasteiger partial charge in [0.25, 0.3) is 5.91 Å². The van der Waals surface area contributed by atoms with Gasteiger partial charge in [-0.2, -0.15) is 0 Å². The van der Waals surface area contributed by atoms with E-state index in [0.29, 0.717) is 6.04 Å². The average molecular weight is 308 g/mol. The SMILES string of the molecule is Cc1cc(C(=O)N2CCC[C@H]3CCCC[C@H]32)c2ccccc2n1. The van der Waals surface area contributed by atoms with Gasteiger partial charge in [-0.3, -0.25) is 9.78 Å². The average Bonchev–Trinajstić information content (AvgIpc) is 2.60. The minimum atomic E-state index is 0.211. The first-order valence-electron chi connectivity index (χ1n) is 8.91. The molecule has 1 aromatic heterocycles. The number of likely N-dealkylation sites (tertiary alicyclic amines) is 1. The van der Waals surface area contributed by atoms with Gasteiger partial charge in [0, 0.05) is 23.7 Å². The van der Waals surface area contributed by atoms with Gasteiger partial charge in [0.2, 0.25) is 0 Å². The molecule has 23 heavy (non-hydrogen) atoms. The van der Waals surface area contributed by atoms with Crippen LogP contribution in [0.2, 0.25) is 0 Å². The van der Waals surface area contributed by atoms with Crippen LogP contribution in [-0.4, -0.2) is 28.4 Å². The summed E-state index contributed by atoms with van der Waals surface area (Å²) in [5.41, 5.74) is 2.68. The summed E-state index contributed by atoms with van der Waals surface area (Å²) in [7, 11) is 0. The van der Waals surface area contributed by atoms with E-state index in [-0.39, 0.29) is 5.91 Å². The van der Waals surface area contributed by atoms with Crippen LogP contribution in [-0.2, 0) is 0 Å². The van der Waals surface area contributed by atoms with Crippen LogP contribution in [0.1, 0.15) is 54.6 Å². The van der Waals surface area contributed by atoms with Crippen molar-refractivity contribution in [2.24, 2.45) is 5.92 Å². The van der Waals surface area contributed by atoms with Crippen LogP contribution in [0, 0.1) is 12.8 Å². The molecule has 0 radical (unpaired) electrons. The minimum absolute atomic E-state index is 0.211. The molecule has 3 nitrogen and oxygen atoms in total. The summed E-state index contributed by atoms with van der Waals surface area (Å²) in [6, 6.07) is 10.4. The molecule has 1 aromatic carbocycles. The van der Waals surface area contributed by atoms with Gasteiger partial charge < -0.3 is 4.90 Å². The maximum atomic E-state index is 13.3. The van der Waals surface area contributed by atoms with Crippen molar-refractivity contribution in [2.75, 3.05) is 6.54 Å². The first kappa shape index (κ1) is 14.7. The fraction of sp³-hybridized carbons (Fsp3) is 0.500. The van der Waals surface area contributed by atoms with Crippen molar-refractivity contribution in [1.29, 1.82) is 0 Å². The quantitative estimate of drug-likeness (QED) is 0.785. The molecule has 2 heterocycles. The topological polar surface area (TPSA) is 33.2 Å². The van der Waals surface area contributed by atoms with Crippen LogP contribution in [0.15, 0.2) is 30.3 Å². The fourth-order valence-corrected chi connectivity index (χ4v) is 4.52. The highest BCUT2D eigenvalue weighted by atomic mass is 16.2. The van der Waals surface area contributed by atoms with E-state index in [0.717, 1.165) is 41.0 Å². The largest absolute Gasteiger partial charge is 0.335 e. The predicted molar refractivity (Wildman–Crippen MR) is 92.5 cm³/mol. The zero-order chi connectivity index (χ0) is 15.8. The Balaban J connectivity index is 1.74. The lowest BCUT2D eigenvalue weighted by Gasteiger charge is -2.44. The molecule has 4 rings (SSSR count). The lowest BCUT2D eigenvalue weighted by Crippen LogP contribution is -2.49. The van der Waals surface area contributed by atoms with Crippen molar-refractivity contribution >= 4 is 16.8 Å². The Morgan fingerprint density at radius 3 is 2.83 bits per heavy atom. The van der Waals surface area contributed by atoms with Crippen LogP contribution in [0.3, 0.4) is 0 Å². The van der Waals surface area contributed by atoms with Crippen molar-refractivity contribution in [2.45, 2.75) is 51.5 Å². The molecule has 120 valence electrons. The number of piperidine rings is 1. The van der Waals surface area contributed by atoms with Crippen molar-refractivity contribution in [3.8, 4) is 0 Å². The minimum Gasteiger partial charge on any atom is -0.335 e. The molecule has 0 spiro atoms. The normalized spacial score (nSPS) is 24.5. The predicted octanol–water partition coefficient (Wildman–Crippen LogP) is 4.34. The Hall–Kier alpha value is -1.90. The number of hydrogen-bond donors (Lipinski definition) is 0. The fourth-order valence-electron chi connectivity index (χ4n) is 4.52. The van der Waals surface area contributed by atoms with Gasteiger partial charge in [0.05, 0.1) is 11.1 Å². The number of para-hydroxylation sites is 1. The molecule has 1 aliphatic heterocycles. The highest BCUT2D eigenvalue weighted by molar-refractivity contribution is 6.06. The number of nitrogens with zero attached hydrogens (tertiary/aromatic N) is 2. The Morgan fingerprint density at radius 2 is 1.91 bits per heavy atom. The summed E-state index contributed by atoms with van der Waals surface area (Å²) >= 11 is 0. The van der Waals surface area contributed by atoms with Crippen molar-refractivity contribution in [3.05, 3.63) is 41.6 Å². The summed E-state index contributed by atoms with van der Waals surface area (Å²) in [5.74, 6) is 0.930. The van der Waals surface area contributed by atoms with Gasteiger partial charge in [-0.05, 0) is 50.7 Å². The third kappa shape index (κ3) is 2.62. The zero-order valence-electron chi connectivity index (χ0n) is 13.8. The molecular weight excluding hydrogens is 284 g/mol. The van der Waals surface area contributed by atoms with Gasteiger partial charge in [0.1, 0.15) is 0 Å². The summed E-state index contributed by atoms with van der Waals surface area (Å²) in [5, 5.41) is 0.987. The smallest absolute Gasteiger partial charge is 0.254 e. The number of aromatic nitrogens is 1. The number of fused-ring (bicyclic) bond motifs is 2. The first-order chi connectivity index (χ1) is 11.2. The first-order valence-corrected chi connectivity index (χ1v) is 8.91. The van der Waals surface area contributed by atoms with Gasteiger partial charge in [0.15, 0.2) is 0 Å². The number of amides is 1. The Labute approximate surface area is 137 Å². The van der Waals surface area contributed by atoms with E-state index < -0.39 is 0 Å². The Bertz CT molecular complexity index is 737. The van der Waals surface area contributed by atoms with E-state index in [1.165, 1.54) is 32.1 Å². The van der Waals surface area contributed by atoms with E-state index in [1.54, 1.807) is 0 Å². The highest BCUT2D eigenvalue weighted by Gasteiger charge is 2.36. The number of pyridine rings is 1. The van der Waals surface area contributed by atoms with Gasteiger partial charge >= 0.3 is 0 Å². The Kier molecular flexibility index (Phi) is 3.80. The highest BCUT2D eigenvalue weighted by Crippen LogP contribution is 2.36. The van der Waals surface area contributed by atoms with E-state index >= 15 is 0 Å². The summed E-state index contributed by atoms with van der Waals surface area (Å²) < 4.78 is 0. The second-order valence-corrected chi connectivity index (χ2v) is 7.08. The van der Waals surface area contributed by atoms with Crippen LogP contribution < -0.4 is 0 Å². The molecule has 2 atom stereocenters. The molecule has 1 amide bonds. The number of hydrogen-bond acceptors (Lipinski definition) is 2. The van der Waals surface area contributed by atoms with Crippen molar-refractivity contribution < 1.29 is 4.79 Å². The second kappa shape index (κ2) is 5.95. The number of benzene rings is 1. The van der Waals surface area contributed by atoms with E-state index in [1.807, 2.05) is 37.3 Å². The molecule has 2 fully saturated rings. The molecule has 0 bridgehead atoms. The standard InChI is InChI=1S/C20H24N2O/c1-14-13-17(16-9-3-4-10-18(16)21-14)20(23)22-12-6-8-15-7-2-5-11-19(15)22/h3-4,9-10,13,15,19H,2,5-8,11-12H2,1H3/t15-,19-/m1/s1. The van der Waals surface area contributed by atoms with Crippen molar-refractivity contribution in [3.63, 3.8) is 0 Å². The third-order valence-corrected chi connectivity index (χ3v) is 5.58. The Morgan fingerprint density at radius 1 is 1.13 bits per heavy atom. The lowest BCUT2D eigenvalue weighted by molar-refractivity contribution is 0.0392. The lowest BCUT2D eigenvalue weighted by atomic mass is 9.78. The number of carbonyl (C=O) groups excluding carboxylic acids is 1. The molecule has 1 saturated carbocycles. The molecule has 3 heteroatoms. The number of rotatable bonds is 1.